The zero-order chi connectivity index (χ0) is 34.7. The summed E-state index contributed by atoms with van der Waals surface area (Å²) in [5, 5.41) is 8.12. The molecule has 3 aromatic rings. The topological polar surface area (TPSA) is 98.3 Å². The summed E-state index contributed by atoms with van der Waals surface area (Å²) < 4.78 is 19.7. The number of carbonyl (C=O) groups excluding carboxylic acids is 1. The number of carbonyl (C=O) groups is 1. The van der Waals surface area contributed by atoms with Crippen molar-refractivity contribution in [3.63, 3.8) is 0 Å². The van der Waals surface area contributed by atoms with Crippen molar-refractivity contribution < 1.29 is 18.8 Å². The van der Waals surface area contributed by atoms with Crippen LogP contribution in [0.4, 0.5) is 33.1 Å². The standard InChI is InChI=1S/C36H46ClFN8O3/c1-6-36(47)42-29-17-30(41-34-19-35(40-22-39-34)46-31(12-15-49-46)25-8-9-28(38)27(37)16-25)33(48-5)18-32(29)43-13-10-26(11-14-43)44-20-23(3)45(7-2)24(4)21-44/h6,8-9,16-19,22-24,26,31H,1,7,10-15,20-21H2,2-5H3,(H,42,47)(H,39,40,41)/t23-,24+,31?. The molecule has 3 aliphatic heterocycles. The highest BCUT2D eigenvalue weighted by atomic mass is 35.5. The van der Waals surface area contributed by atoms with Gasteiger partial charge in [0, 0.05) is 62.9 Å². The fourth-order valence-corrected chi connectivity index (χ4v) is 7.75. The summed E-state index contributed by atoms with van der Waals surface area (Å²) in [7, 11) is 1.62. The molecule has 13 heteroatoms. The van der Waals surface area contributed by atoms with Crippen molar-refractivity contribution in [1.29, 1.82) is 0 Å². The van der Waals surface area contributed by atoms with E-state index in [9.17, 15) is 9.18 Å². The minimum atomic E-state index is -0.470. The van der Waals surface area contributed by atoms with Crippen LogP contribution < -0.4 is 25.3 Å². The van der Waals surface area contributed by atoms with Gasteiger partial charge in [0.05, 0.1) is 41.8 Å². The molecule has 0 saturated carbocycles. The first-order valence-corrected chi connectivity index (χ1v) is 17.4. The maximum atomic E-state index is 13.9. The van der Waals surface area contributed by atoms with E-state index in [-0.39, 0.29) is 17.0 Å². The van der Waals surface area contributed by atoms with Crippen molar-refractivity contribution in [3.8, 4) is 5.75 Å². The highest BCUT2D eigenvalue weighted by Crippen LogP contribution is 2.41. The van der Waals surface area contributed by atoms with Crippen LogP contribution in [0.25, 0.3) is 0 Å². The molecule has 262 valence electrons. The van der Waals surface area contributed by atoms with E-state index in [1.807, 2.05) is 12.1 Å². The van der Waals surface area contributed by atoms with E-state index in [0.717, 1.165) is 56.8 Å². The number of piperazine rings is 1. The molecule has 1 aromatic heterocycles. The predicted octanol–water partition coefficient (Wildman–Crippen LogP) is 6.41. The van der Waals surface area contributed by atoms with Gasteiger partial charge in [0.1, 0.15) is 23.7 Å². The quantitative estimate of drug-likeness (QED) is 0.232. The van der Waals surface area contributed by atoms with E-state index >= 15 is 0 Å². The number of anilines is 5. The van der Waals surface area contributed by atoms with Gasteiger partial charge in [-0.3, -0.25) is 19.4 Å². The average Bonchev–Trinajstić information content (AvgIpc) is 3.60. The van der Waals surface area contributed by atoms with Crippen LogP contribution in [0.2, 0.25) is 5.02 Å². The smallest absolute Gasteiger partial charge is 0.247 e. The van der Waals surface area contributed by atoms with Crippen molar-refractivity contribution >= 4 is 46.2 Å². The van der Waals surface area contributed by atoms with Gasteiger partial charge in [0.15, 0.2) is 5.82 Å². The Morgan fingerprint density at radius 1 is 1.10 bits per heavy atom. The predicted molar refractivity (Wildman–Crippen MR) is 192 cm³/mol. The van der Waals surface area contributed by atoms with E-state index in [0.29, 0.717) is 59.9 Å². The minimum Gasteiger partial charge on any atom is -0.494 e. The number of hydrogen-bond donors (Lipinski definition) is 2. The molecule has 2 N–H and O–H groups in total. The summed E-state index contributed by atoms with van der Waals surface area (Å²) in [6.07, 6.45) is 5.47. The van der Waals surface area contributed by atoms with Crippen LogP contribution in [0, 0.1) is 5.82 Å². The Bertz CT molecular complexity index is 1640. The van der Waals surface area contributed by atoms with Crippen molar-refractivity contribution in [2.75, 3.05) is 67.0 Å². The Balaban J connectivity index is 1.21. The average molecular weight is 693 g/mol. The maximum Gasteiger partial charge on any atom is 0.247 e. The van der Waals surface area contributed by atoms with Crippen LogP contribution in [-0.2, 0) is 9.63 Å². The Labute approximate surface area is 293 Å². The largest absolute Gasteiger partial charge is 0.494 e. The number of rotatable bonds is 10. The van der Waals surface area contributed by atoms with Crippen LogP contribution in [0.5, 0.6) is 5.75 Å². The number of hydroxylamine groups is 1. The number of hydrogen-bond acceptors (Lipinski definition) is 10. The van der Waals surface area contributed by atoms with Crippen LogP contribution >= 0.6 is 11.6 Å². The zero-order valence-corrected chi connectivity index (χ0v) is 29.4. The number of aromatic nitrogens is 2. The molecule has 3 saturated heterocycles. The molecule has 3 fully saturated rings. The monoisotopic (exact) mass is 692 g/mol. The number of amides is 1. The second-order valence-electron chi connectivity index (χ2n) is 13.0. The molecule has 4 heterocycles. The van der Waals surface area contributed by atoms with Crippen LogP contribution in [0.1, 0.15) is 51.6 Å². The van der Waals surface area contributed by atoms with Gasteiger partial charge in [-0.25, -0.2) is 19.4 Å². The van der Waals surface area contributed by atoms with Gasteiger partial charge in [-0.1, -0.05) is 31.2 Å². The molecule has 2 aromatic carbocycles. The lowest BCUT2D eigenvalue weighted by molar-refractivity contribution is -0.111. The van der Waals surface area contributed by atoms with Gasteiger partial charge in [0.2, 0.25) is 5.91 Å². The third kappa shape index (κ3) is 7.62. The zero-order valence-electron chi connectivity index (χ0n) is 28.7. The number of halogens is 2. The molecule has 6 rings (SSSR count). The summed E-state index contributed by atoms with van der Waals surface area (Å²) >= 11 is 6.08. The second-order valence-corrected chi connectivity index (χ2v) is 13.4. The van der Waals surface area contributed by atoms with E-state index in [4.69, 9.17) is 21.2 Å². The molecule has 0 spiro atoms. The Hall–Kier alpha value is -3.97. The van der Waals surface area contributed by atoms with Crippen molar-refractivity contribution in [2.24, 2.45) is 0 Å². The van der Waals surface area contributed by atoms with E-state index in [2.05, 4.69) is 62.7 Å². The highest BCUT2D eigenvalue weighted by Gasteiger charge is 2.34. The maximum absolute atomic E-state index is 13.9. The summed E-state index contributed by atoms with van der Waals surface area (Å²) in [5.74, 6) is 0.854. The summed E-state index contributed by atoms with van der Waals surface area (Å²) in [5.41, 5.74) is 2.98. The third-order valence-electron chi connectivity index (χ3n) is 9.95. The normalized spacial score (nSPS) is 22.3. The SMILES string of the molecule is C=CC(=O)Nc1cc(Nc2cc(N3OCCC3c3ccc(F)c(Cl)c3)ncn2)c(OC)cc1N1CCC(N2C[C@@H](C)N(CC)[C@@H](C)C2)CC1. The van der Waals surface area contributed by atoms with Crippen molar-refractivity contribution in [3.05, 3.63) is 71.8 Å². The van der Waals surface area contributed by atoms with E-state index in [1.165, 1.54) is 18.5 Å². The molecule has 3 atom stereocenters. The Kier molecular flexibility index (Phi) is 10.9. The Morgan fingerprint density at radius 2 is 1.86 bits per heavy atom. The number of likely N-dealkylation sites (N-methyl/N-ethyl adjacent to an activating group) is 1. The molecule has 0 radical (unpaired) electrons. The first-order chi connectivity index (χ1) is 23.7. The molecule has 1 amide bonds. The number of nitrogens with zero attached hydrogens (tertiary/aromatic N) is 6. The van der Waals surface area contributed by atoms with Gasteiger partial charge in [-0.2, -0.15) is 0 Å². The van der Waals surface area contributed by atoms with Crippen molar-refractivity contribution in [1.82, 2.24) is 19.8 Å². The molecule has 11 nitrogen and oxygen atoms in total. The molecular formula is C36H46ClFN8O3. The Morgan fingerprint density at radius 3 is 2.53 bits per heavy atom. The lowest BCUT2D eigenvalue weighted by atomic mass is 9.98. The van der Waals surface area contributed by atoms with Crippen molar-refractivity contribution in [2.45, 2.75) is 64.2 Å². The summed E-state index contributed by atoms with van der Waals surface area (Å²) in [6.45, 7) is 16.0. The van der Waals surface area contributed by atoms with E-state index < -0.39 is 5.82 Å². The minimum absolute atomic E-state index is 0.0587. The van der Waals surface area contributed by atoms with Crippen LogP contribution in [0.3, 0.4) is 0 Å². The van der Waals surface area contributed by atoms with Gasteiger partial charge in [-0.05, 0) is 63.1 Å². The number of methoxy groups -OCH3 is 1. The number of ether oxygens (including phenoxy) is 1. The van der Waals surface area contributed by atoms with Gasteiger partial charge in [0.25, 0.3) is 0 Å². The molecule has 0 aliphatic carbocycles. The lowest BCUT2D eigenvalue weighted by Crippen LogP contribution is -2.60. The highest BCUT2D eigenvalue weighted by molar-refractivity contribution is 6.30. The van der Waals surface area contributed by atoms with Gasteiger partial charge < -0.3 is 20.3 Å². The molecule has 3 aliphatic rings. The fourth-order valence-electron chi connectivity index (χ4n) is 7.56. The molecular weight excluding hydrogens is 647 g/mol. The number of benzene rings is 2. The van der Waals surface area contributed by atoms with Gasteiger partial charge in [-0.15, -0.1) is 0 Å². The summed E-state index contributed by atoms with van der Waals surface area (Å²) in [4.78, 5) is 35.0. The fraction of sp³-hybridized carbons (Fsp3) is 0.472. The molecule has 49 heavy (non-hydrogen) atoms. The first-order valence-electron chi connectivity index (χ1n) is 17.0. The van der Waals surface area contributed by atoms with Gasteiger partial charge >= 0.3 is 0 Å². The van der Waals surface area contributed by atoms with Crippen LogP contribution in [-0.4, -0.2) is 90.2 Å². The second kappa shape index (κ2) is 15.3. The number of nitrogens with one attached hydrogen (secondary N) is 2. The van der Waals surface area contributed by atoms with Crippen LogP contribution in [0.15, 0.2) is 55.4 Å². The van der Waals surface area contributed by atoms with E-state index in [1.54, 1.807) is 30.4 Å². The molecule has 0 bridgehead atoms. The number of piperidine rings is 1. The first kappa shape index (κ1) is 34.9. The lowest BCUT2D eigenvalue weighted by Gasteiger charge is -2.48. The third-order valence-corrected chi connectivity index (χ3v) is 10.2. The molecule has 1 unspecified atom stereocenters. The summed E-state index contributed by atoms with van der Waals surface area (Å²) in [6, 6.07) is 11.7.